The molecule has 5 heteroatoms. The maximum atomic E-state index is 13.3. The van der Waals surface area contributed by atoms with E-state index in [9.17, 15) is 13.5 Å². The third-order valence-electron chi connectivity index (χ3n) is 5.20. The van der Waals surface area contributed by atoms with Crippen LogP contribution in [0.3, 0.4) is 0 Å². The van der Waals surface area contributed by atoms with Crippen LogP contribution in [0, 0.1) is 0 Å². The van der Waals surface area contributed by atoms with Crippen LogP contribution in [0.25, 0.3) is 0 Å². The molecule has 1 aliphatic carbocycles. The molecule has 2 aromatic carbocycles. The van der Waals surface area contributed by atoms with Crippen LogP contribution in [-0.2, 0) is 9.84 Å². The molecule has 2 atom stereocenters. The van der Waals surface area contributed by atoms with Crippen molar-refractivity contribution < 1.29 is 13.5 Å². The molecule has 0 amide bonds. The normalized spacial score (nSPS) is 21.6. The van der Waals surface area contributed by atoms with Gasteiger partial charge in [0.1, 0.15) is 0 Å². The smallest absolute Gasteiger partial charge is 0.202 e. The van der Waals surface area contributed by atoms with E-state index in [1.165, 1.54) is 5.19 Å². The first-order chi connectivity index (χ1) is 11.8. The summed E-state index contributed by atoms with van der Waals surface area (Å²) in [4.78, 5) is 0.705. The molecule has 0 unspecified atom stereocenters. The number of aliphatic hydroxyl groups is 1. The standard InChI is InChI=1S/C20H24O3SSi/c1-25(2,18-11-7-4-8-12-18)20-14-13-16(21)15-19(20)24(22,23)17-9-5-3-6-10-17/h3-12,15-16,20-21H,13-14H2,1-2H3/t16-,20-/m0/s1. The van der Waals surface area contributed by atoms with Gasteiger partial charge in [0.25, 0.3) is 0 Å². The molecular weight excluding hydrogens is 348 g/mol. The SMILES string of the molecule is C[Si](C)(c1ccccc1)[C@H]1CC[C@H](O)C=C1S(=O)(=O)c1ccccc1. The Balaban J connectivity index is 2.09. The van der Waals surface area contributed by atoms with Gasteiger partial charge in [-0.1, -0.05) is 66.8 Å². The molecule has 0 aromatic heterocycles. The van der Waals surface area contributed by atoms with E-state index in [-0.39, 0.29) is 5.54 Å². The van der Waals surface area contributed by atoms with Gasteiger partial charge in [0, 0.05) is 4.91 Å². The number of aliphatic hydroxyl groups excluding tert-OH is 1. The maximum absolute atomic E-state index is 13.3. The third kappa shape index (κ3) is 3.49. The molecule has 1 aliphatic rings. The van der Waals surface area contributed by atoms with E-state index < -0.39 is 24.0 Å². The molecule has 0 bridgehead atoms. The van der Waals surface area contributed by atoms with Crippen molar-refractivity contribution in [1.29, 1.82) is 0 Å². The zero-order chi connectivity index (χ0) is 18.1. The van der Waals surface area contributed by atoms with Crippen LogP contribution < -0.4 is 5.19 Å². The van der Waals surface area contributed by atoms with Crippen LogP contribution in [-0.4, -0.2) is 27.7 Å². The molecule has 3 rings (SSSR count). The lowest BCUT2D eigenvalue weighted by Crippen LogP contribution is -2.48. The van der Waals surface area contributed by atoms with E-state index >= 15 is 0 Å². The van der Waals surface area contributed by atoms with E-state index in [1.807, 2.05) is 24.3 Å². The van der Waals surface area contributed by atoms with Crippen molar-refractivity contribution >= 4 is 23.1 Å². The highest BCUT2D eigenvalue weighted by Gasteiger charge is 2.42. The average Bonchev–Trinajstić information content (AvgIpc) is 2.63. The summed E-state index contributed by atoms with van der Waals surface area (Å²) in [6, 6.07) is 18.8. The molecule has 0 fully saturated rings. The van der Waals surface area contributed by atoms with Crippen molar-refractivity contribution in [3.8, 4) is 0 Å². The Labute approximate surface area is 151 Å². The minimum atomic E-state index is -3.60. The zero-order valence-corrected chi connectivity index (χ0v) is 16.4. The molecule has 0 heterocycles. The Kier molecular flexibility index (Phi) is 5.00. The summed E-state index contributed by atoms with van der Waals surface area (Å²) < 4.78 is 26.5. The monoisotopic (exact) mass is 372 g/mol. The molecule has 0 aliphatic heterocycles. The quantitative estimate of drug-likeness (QED) is 0.836. The highest BCUT2D eigenvalue weighted by Crippen LogP contribution is 2.42. The second kappa shape index (κ2) is 6.90. The van der Waals surface area contributed by atoms with E-state index in [1.54, 1.807) is 30.3 Å². The number of hydrogen-bond acceptors (Lipinski definition) is 3. The topological polar surface area (TPSA) is 54.4 Å². The zero-order valence-electron chi connectivity index (χ0n) is 14.6. The van der Waals surface area contributed by atoms with Crippen molar-refractivity contribution in [2.24, 2.45) is 0 Å². The van der Waals surface area contributed by atoms with Gasteiger partial charge in [-0.05, 0) is 36.6 Å². The number of hydrogen-bond donors (Lipinski definition) is 1. The van der Waals surface area contributed by atoms with Crippen molar-refractivity contribution in [1.82, 2.24) is 0 Å². The molecule has 132 valence electrons. The Morgan fingerprint density at radius 1 is 0.920 bits per heavy atom. The molecule has 0 spiro atoms. The molecule has 2 aromatic rings. The number of sulfone groups is 1. The van der Waals surface area contributed by atoms with Gasteiger partial charge in [0.05, 0.1) is 19.1 Å². The van der Waals surface area contributed by atoms with Crippen molar-refractivity contribution in [3.63, 3.8) is 0 Å². The first kappa shape index (κ1) is 18.1. The highest BCUT2D eigenvalue weighted by molar-refractivity contribution is 7.95. The Morgan fingerprint density at radius 2 is 1.48 bits per heavy atom. The predicted molar refractivity (Wildman–Crippen MR) is 104 cm³/mol. The fraction of sp³-hybridized carbons (Fsp3) is 0.300. The first-order valence-electron chi connectivity index (χ1n) is 8.59. The second-order valence-electron chi connectivity index (χ2n) is 7.17. The lowest BCUT2D eigenvalue weighted by atomic mass is 10.0. The van der Waals surface area contributed by atoms with Crippen molar-refractivity contribution in [2.45, 2.75) is 42.5 Å². The van der Waals surface area contributed by atoms with Crippen LogP contribution in [0.4, 0.5) is 0 Å². The number of rotatable bonds is 4. The number of allylic oxidation sites excluding steroid dienone is 1. The van der Waals surface area contributed by atoms with Gasteiger partial charge in [-0.25, -0.2) is 8.42 Å². The van der Waals surface area contributed by atoms with Crippen LogP contribution >= 0.6 is 0 Å². The summed E-state index contributed by atoms with van der Waals surface area (Å²) in [5.74, 6) is 0. The van der Waals surface area contributed by atoms with Crippen LogP contribution in [0.1, 0.15) is 12.8 Å². The fourth-order valence-electron chi connectivity index (χ4n) is 3.67. The van der Waals surface area contributed by atoms with Gasteiger partial charge in [-0.2, -0.15) is 0 Å². The first-order valence-corrected chi connectivity index (χ1v) is 13.1. The summed E-state index contributed by atoms with van der Waals surface area (Å²) >= 11 is 0. The van der Waals surface area contributed by atoms with E-state index in [0.717, 1.165) is 0 Å². The van der Waals surface area contributed by atoms with Gasteiger partial charge in [0.2, 0.25) is 9.84 Å². The maximum Gasteiger partial charge on any atom is 0.202 e. The molecule has 0 saturated heterocycles. The van der Waals surface area contributed by atoms with E-state index in [2.05, 4.69) is 25.2 Å². The molecule has 25 heavy (non-hydrogen) atoms. The van der Waals surface area contributed by atoms with Gasteiger partial charge in [-0.3, -0.25) is 0 Å². The number of benzene rings is 2. The van der Waals surface area contributed by atoms with Gasteiger partial charge in [-0.15, -0.1) is 0 Å². The van der Waals surface area contributed by atoms with E-state index in [4.69, 9.17) is 0 Å². The largest absolute Gasteiger partial charge is 0.389 e. The molecule has 1 N–H and O–H groups in total. The minimum absolute atomic E-state index is 0.0384. The van der Waals surface area contributed by atoms with Crippen LogP contribution in [0.2, 0.25) is 18.6 Å². The summed E-state index contributed by atoms with van der Waals surface area (Å²) in [5, 5.41) is 11.4. The van der Waals surface area contributed by atoms with Crippen LogP contribution in [0.15, 0.2) is 76.5 Å². The third-order valence-corrected chi connectivity index (χ3v) is 11.5. The van der Waals surface area contributed by atoms with Gasteiger partial charge in [0.15, 0.2) is 0 Å². The van der Waals surface area contributed by atoms with Crippen LogP contribution in [0.5, 0.6) is 0 Å². The molecular formula is C20H24O3SSi. The Morgan fingerprint density at radius 3 is 2.08 bits per heavy atom. The summed E-state index contributed by atoms with van der Waals surface area (Å²) in [7, 11) is -5.67. The fourth-order valence-corrected chi connectivity index (χ4v) is 9.78. The predicted octanol–water partition coefficient (Wildman–Crippen LogP) is 3.48. The van der Waals surface area contributed by atoms with E-state index in [0.29, 0.717) is 22.6 Å². The lowest BCUT2D eigenvalue weighted by Gasteiger charge is -2.37. The van der Waals surface area contributed by atoms with Gasteiger partial charge < -0.3 is 5.11 Å². The Hall–Kier alpha value is -1.69. The molecule has 0 radical (unpaired) electrons. The average molecular weight is 373 g/mol. The second-order valence-corrected chi connectivity index (χ2v) is 13.8. The van der Waals surface area contributed by atoms with Crippen molar-refractivity contribution in [2.75, 3.05) is 0 Å². The summed E-state index contributed by atoms with van der Waals surface area (Å²) in [6.45, 7) is 4.44. The highest BCUT2D eigenvalue weighted by atomic mass is 32.2. The van der Waals surface area contributed by atoms with Gasteiger partial charge >= 0.3 is 0 Å². The molecule has 0 saturated carbocycles. The van der Waals surface area contributed by atoms with Crippen molar-refractivity contribution in [3.05, 3.63) is 71.6 Å². The summed E-state index contributed by atoms with van der Waals surface area (Å²) in [5.41, 5.74) is -0.0384. The minimum Gasteiger partial charge on any atom is -0.389 e. The Bertz CT molecular complexity index is 858. The molecule has 3 nitrogen and oxygen atoms in total. The lowest BCUT2D eigenvalue weighted by molar-refractivity contribution is 0.203. The summed E-state index contributed by atoms with van der Waals surface area (Å²) in [6.07, 6.45) is 2.20.